The zero-order valence-electron chi connectivity index (χ0n) is 11.2. The van der Waals surface area contributed by atoms with Crippen LogP contribution in [0.4, 0.5) is 0 Å². The average Bonchev–Trinajstić information content (AvgIpc) is 2.82. The van der Waals surface area contributed by atoms with E-state index in [0.717, 1.165) is 28.0 Å². The number of hydrogen-bond donors (Lipinski definition) is 0. The molecule has 0 spiro atoms. The zero-order valence-corrected chi connectivity index (χ0v) is 12.8. The first-order valence-corrected chi connectivity index (χ1v) is 7.55. The smallest absolute Gasteiger partial charge is 0.232 e. The van der Waals surface area contributed by atoms with Crippen LogP contribution >= 0.6 is 22.9 Å². The first kappa shape index (κ1) is 13.3. The van der Waals surface area contributed by atoms with E-state index < -0.39 is 0 Å². The fraction of sp³-hybridized carbons (Fsp3) is 0.200. The molecule has 5 heteroatoms. The Morgan fingerprint density at radius 1 is 1.25 bits per heavy atom. The van der Waals surface area contributed by atoms with Crippen LogP contribution in [0.5, 0.6) is 11.6 Å². The number of thiophene rings is 1. The normalized spacial score (nSPS) is 10.9. The molecule has 3 aromatic rings. The van der Waals surface area contributed by atoms with Gasteiger partial charge in [0.15, 0.2) is 0 Å². The van der Waals surface area contributed by atoms with Crippen LogP contribution < -0.4 is 4.74 Å². The van der Waals surface area contributed by atoms with Crippen LogP contribution in [-0.4, -0.2) is 9.97 Å². The Labute approximate surface area is 126 Å². The summed E-state index contributed by atoms with van der Waals surface area (Å²) in [6, 6.07) is 9.92. The maximum atomic E-state index is 5.98. The van der Waals surface area contributed by atoms with Crippen molar-refractivity contribution in [3.8, 4) is 11.6 Å². The van der Waals surface area contributed by atoms with Crippen molar-refractivity contribution in [3.05, 3.63) is 46.1 Å². The summed E-state index contributed by atoms with van der Waals surface area (Å²) in [5, 5.41) is 1.13. The lowest BCUT2D eigenvalue weighted by Crippen LogP contribution is -1.91. The Morgan fingerprint density at radius 3 is 2.85 bits per heavy atom. The highest BCUT2D eigenvalue weighted by molar-refractivity contribution is 7.18. The molecule has 3 nitrogen and oxygen atoms in total. The predicted octanol–water partition coefficient (Wildman–Crippen LogP) is 5.01. The molecule has 0 aliphatic carbocycles. The SMILES string of the molecule is CCc1cc2c(Oc3cccc(C)c3)nc(Cl)nc2s1. The molecular weight excluding hydrogens is 292 g/mol. The van der Waals surface area contributed by atoms with Crippen molar-refractivity contribution in [1.82, 2.24) is 9.97 Å². The molecule has 0 N–H and O–H groups in total. The van der Waals surface area contributed by atoms with Crippen LogP contribution in [0.1, 0.15) is 17.4 Å². The average molecular weight is 305 g/mol. The van der Waals surface area contributed by atoms with Gasteiger partial charge in [0.25, 0.3) is 0 Å². The minimum atomic E-state index is 0.213. The van der Waals surface area contributed by atoms with Crippen molar-refractivity contribution in [2.75, 3.05) is 0 Å². The van der Waals surface area contributed by atoms with Crippen molar-refractivity contribution in [1.29, 1.82) is 0 Å². The number of nitrogens with zero attached hydrogens (tertiary/aromatic N) is 2. The number of aromatic nitrogens is 2. The summed E-state index contributed by atoms with van der Waals surface area (Å²) in [6.45, 7) is 4.13. The van der Waals surface area contributed by atoms with Gasteiger partial charge in [-0.25, -0.2) is 4.98 Å². The summed E-state index contributed by atoms with van der Waals surface area (Å²) in [5.74, 6) is 1.27. The van der Waals surface area contributed by atoms with Crippen molar-refractivity contribution in [2.24, 2.45) is 0 Å². The molecule has 0 amide bonds. The summed E-state index contributed by atoms with van der Waals surface area (Å²) >= 11 is 7.60. The van der Waals surface area contributed by atoms with Crippen molar-refractivity contribution < 1.29 is 4.74 Å². The number of ether oxygens (including phenoxy) is 1. The molecule has 102 valence electrons. The lowest BCUT2D eigenvalue weighted by molar-refractivity contribution is 0.468. The maximum absolute atomic E-state index is 5.98. The molecule has 20 heavy (non-hydrogen) atoms. The van der Waals surface area contributed by atoms with E-state index in [9.17, 15) is 0 Å². The molecule has 0 aliphatic heterocycles. The van der Waals surface area contributed by atoms with Gasteiger partial charge in [0, 0.05) is 4.88 Å². The first-order chi connectivity index (χ1) is 9.65. The van der Waals surface area contributed by atoms with Crippen LogP contribution in [0.25, 0.3) is 10.2 Å². The lowest BCUT2D eigenvalue weighted by Gasteiger charge is -2.06. The van der Waals surface area contributed by atoms with Gasteiger partial charge in [0.05, 0.1) is 5.39 Å². The second kappa shape index (κ2) is 5.38. The number of aryl methyl sites for hydroxylation is 2. The number of fused-ring (bicyclic) bond motifs is 1. The third-order valence-electron chi connectivity index (χ3n) is 2.93. The first-order valence-electron chi connectivity index (χ1n) is 6.36. The van der Waals surface area contributed by atoms with E-state index in [1.165, 1.54) is 4.88 Å². The zero-order chi connectivity index (χ0) is 14.1. The van der Waals surface area contributed by atoms with Gasteiger partial charge in [0.2, 0.25) is 11.2 Å². The van der Waals surface area contributed by atoms with E-state index in [-0.39, 0.29) is 5.28 Å². The second-order valence-electron chi connectivity index (χ2n) is 4.50. The second-order valence-corrected chi connectivity index (χ2v) is 5.95. The molecule has 0 atom stereocenters. The highest BCUT2D eigenvalue weighted by atomic mass is 35.5. The van der Waals surface area contributed by atoms with E-state index in [1.54, 1.807) is 11.3 Å². The van der Waals surface area contributed by atoms with Crippen LogP contribution in [0.3, 0.4) is 0 Å². The van der Waals surface area contributed by atoms with Gasteiger partial charge >= 0.3 is 0 Å². The van der Waals surface area contributed by atoms with Gasteiger partial charge in [-0.15, -0.1) is 11.3 Å². The number of hydrogen-bond acceptors (Lipinski definition) is 4. The third-order valence-corrected chi connectivity index (χ3v) is 4.28. The van der Waals surface area contributed by atoms with Gasteiger partial charge in [-0.2, -0.15) is 4.98 Å². The van der Waals surface area contributed by atoms with Gasteiger partial charge in [-0.3, -0.25) is 0 Å². The summed E-state index contributed by atoms with van der Waals surface area (Å²) in [5.41, 5.74) is 1.14. The Kier molecular flexibility index (Phi) is 3.59. The maximum Gasteiger partial charge on any atom is 0.232 e. The van der Waals surface area contributed by atoms with Gasteiger partial charge < -0.3 is 4.74 Å². The van der Waals surface area contributed by atoms with E-state index in [1.807, 2.05) is 31.2 Å². The van der Waals surface area contributed by atoms with Crippen LogP contribution in [0.15, 0.2) is 30.3 Å². The number of benzene rings is 1. The molecule has 0 fully saturated rings. The summed E-state index contributed by atoms with van der Waals surface area (Å²) < 4.78 is 5.88. The van der Waals surface area contributed by atoms with Crippen LogP contribution in [0, 0.1) is 6.92 Å². The molecule has 2 aromatic heterocycles. The van der Waals surface area contributed by atoms with E-state index in [2.05, 4.69) is 23.0 Å². The standard InChI is InChI=1S/C15H13ClN2OS/c1-3-11-8-12-13(17-15(16)18-14(12)20-11)19-10-6-4-5-9(2)7-10/h4-8H,3H2,1-2H3. The lowest BCUT2D eigenvalue weighted by atomic mass is 10.2. The minimum Gasteiger partial charge on any atom is -0.438 e. The van der Waals surface area contributed by atoms with Gasteiger partial charge in [-0.05, 0) is 48.7 Å². The molecule has 0 unspecified atom stereocenters. The van der Waals surface area contributed by atoms with Gasteiger partial charge in [-0.1, -0.05) is 19.1 Å². The fourth-order valence-corrected chi connectivity index (χ4v) is 3.13. The van der Waals surface area contributed by atoms with Crippen molar-refractivity contribution in [2.45, 2.75) is 20.3 Å². The van der Waals surface area contributed by atoms with Crippen molar-refractivity contribution >= 4 is 33.2 Å². The minimum absolute atomic E-state index is 0.213. The topological polar surface area (TPSA) is 35.0 Å². The molecular formula is C15H13ClN2OS. The number of rotatable bonds is 3. The summed E-state index contributed by atoms with van der Waals surface area (Å²) in [6.07, 6.45) is 0.961. The predicted molar refractivity (Wildman–Crippen MR) is 83.1 cm³/mol. The molecule has 0 aliphatic rings. The van der Waals surface area contributed by atoms with Crippen LogP contribution in [-0.2, 0) is 6.42 Å². The molecule has 3 rings (SSSR count). The monoisotopic (exact) mass is 304 g/mol. The van der Waals surface area contributed by atoms with Gasteiger partial charge in [0.1, 0.15) is 10.6 Å². The summed E-state index contributed by atoms with van der Waals surface area (Å²) in [4.78, 5) is 10.6. The van der Waals surface area contributed by atoms with E-state index in [4.69, 9.17) is 16.3 Å². The molecule has 0 saturated heterocycles. The molecule has 0 saturated carbocycles. The third kappa shape index (κ3) is 2.62. The van der Waals surface area contributed by atoms with E-state index >= 15 is 0 Å². The molecule has 1 aromatic carbocycles. The highest BCUT2D eigenvalue weighted by Gasteiger charge is 2.12. The Balaban J connectivity index is 2.08. The van der Waals surface area contributed by atoms with E-state index in [0.29, 0.717) is 5.88 Å². The molecule has 0 radical (unpaired) electrons. The fourth-order valence-electron chi connectivity index (χ4n) is 1.96. The number of halogens is 1. The Bertz CT molecular complexity index is 770. The largest absolute Gasteiger partial charge is 0.438 e. The molecule has 2 heterocycles. The van der Waals surface area contributed by atoms with Crippen molar-refractivity contribution in [3.63, 3.8) is 0 Å². The van der Waals surface area contributed by atoms with Crippen LogP contribution in [0.2, 0.25) is 5.28 Å². The highest BCUT2D eigenvalue weighted by Crippen LogP contribution is 2.34. The quantitative estimate of drug-likeness (QED) is 0.638. The Hall–Kier alpha value is -1.65. The Morgan fingerprint density at radius 2 is 2.10 bits per heavy atom. The molecule has 0 bridgehead atoms. The summed E-state index contributed by atoms with van der Waals surface area (Å²) in [7, 11) is 0.